The molecule has 104 valence electrons. The molecule has 19 heavy (non-hydrogen) atoms. The van der Waals surface area contributed by atoms with Crippen LogP contribution in [-0.2, 0) is 16.0 Å². The number of amides is 1. The Morgan fingerprint density at radius 1 is 1.32 bits per heavy atom. The Hall–Kier alpha value is -1.59. The van der Waals surface area contributed by atoms with Crippen LogP contribution in [0.15, 0.2) is 24.3 Å². The van der Waals surface area contributed by atoms with Gasteiger partial charge in [0.05, 0.1) is 18.6 Å². The second-order valence-electron chi connectivity index (χ2n) is 4.90. The number of nitrogens with one attached hydrogen (secondary N) is 1. The molecule has 0 aliphatic carbocycles. The van der Waals surface area contributed by atoms with E-state index in [9.17, 15) is 15.0 Å². The fourth-order valence-electron chi connectivity index (χ4n) is 2.26. The van der Waals surface area contributed by atoms with Gasteiger partial charge < -0.3 is 20.3 Å². The Morgan fingerprint density at radius 2 is 2.00 bits per heavy atom. The van der Waals surface area contributed by atoms with E-state index in [2.05, 4.69) is 5.32 Å². The highest BCUT2D eigenvalue weighted by molar-refractivity contribution is 5.80. The monoisotopic (exact) mass is 265 g/mol. The molecule has 1 fully saturated rings. The molecular formula is C14H19NO4. The first-order valence-electron chi connectivity index (χ1n) is 6.42. The van der Waals surface area contributed by atoms with E-state index in [1.165, 1.54) is 0 Å². The molecule has 1 aromatic carbocycles. The molecule has 0 bridgehead atoms. The number of phenols is 1. The molecule has 0 atom stereocenters. The number of hydrogen-bond donors (Lipinski definition) is 3. The van der Waals surface area contributed by atoms with E-state index in [-0.39, 0.29) is 24.7 Å². The SMILES string of the molecule is O=C(Cc1ccccc1O)NC1(CO)CCOCC1. The lowest BCUT2D eigenvalue weighted by atomic mass is 9.90. The van der Waals surface area contributed by atoms with Gasteiger partial charge in [0.25, 0.3) is 0 Å². The minimum Gasteiger partial charge on any atom is -0.508 e. The number of ether oxygens (including phenoxy) is 1. The van der Waals surface area contributed by atoms with E-state index in [4.69, 9.17) is 4.74 Å². The summed E-state index contributed by atoms with van der Waals surface area (Å²) in [7, 11) is 0. The van der Waals surface area contributed by atoms with Gasteiger partial charge in [0, 0.05) is 18.8 Å². The number of phenolic OH excluding ortho intramolecular Hbond substituents is 1. The van der Waals surface area contributed by atoms with Gasteiger partial charge in [0.1, 0.15) is 5.75 Å². The predicted octanol–water partition coefficient (Wildman–Crippen LogP) is 0.592. The molecule has 0 saturated carbocycles. The first-order valence-corrected chi connectivity index (χ1v) is 6.42. The van der Waals surface area contributed by atoms with E-state index in [0.717, 1.165) is 0 Å². The number of aliphatic hydroxyl groups is 1. The second-order valence-corrected chi connectivity index (χ2v) is 4.90. The number of aromatic hydroxyl groups is 1. The number of hydrogen-bond acceptors (Lipinski definition) is 4. The number of rotatable bonds is 4. The molecular weight excluding hydrogens is 246 g/mol. The summed E-state index contributed by atoms with van der Waals surface area (Å²) in [4.78, 5) is 12.0. The molecule has 1 amide bonds. The Kier molecular flexibility index (Phi) is 4.39. The van der Waals surface area contributed by atoms with Gasteiger partial charge in [-0.1, -0.05) is 18.2 Å². The molecule has 0 radical (unpaired) electrons. The van der Waals surface area contributed by atoms with Crippen molar-refractivity contribution in [3.63, 3.8) is 0 Å². The number of carbonyl (C=O) groups excluding carboxylic acids is 1. The highest BCUT2D eigenvalue weighted by atomic mass is 16.5. The third kappa shape index (κ3) is 3.45. The molecule has 1 heterocycles. The van der Waals surface area contributed by atoms with Crippen LogP contribution in [0.25, 0.3) is 0 Å². The summed E-state index contributed by atoms with van der Waals surface area (Å²) in [6.45, 7) is 0.984. The quantitative estimate of drug-likeness (QED) is 0.744. The van der Waals surface area contributed by atoms with Gasteiger partial charge in [0.15, 0.2) is 0 Å². The van der Waals surface area contributed by atoms with Crippen molar-refractivity contribution >= 4 is 5.91 Å². The van der Waals surface area contributed by atoms with E-state index < -0.39 is 5.54 Å². The lowest BCUT2D eigenvalue weighted by molar-refractivity contribution is -0.124. The predicted molar refractivity (Wildman–Crippen MR) is 69.8 cm³/mol. The molecule has 1 aromatic rings. The zero-order valence-corrected chi connectivity index (χ0v) is 10.8. The second kappa shape index (κ2) is 6.04. The van der Waals surface area contributed by atoms with E-state index in [1.807, 2.05) is 0 Å². The van der Waals surface area contributed by atoms with Gasteiger partial charge in [-0.3, -0.25) is 4.79 Å². The van der Waals surface area contributed by atoms with E-state index >= 15 is 0 Å². The van der Waals surface area contributed by atoms with Crippen LogP contribution in [0.5, 0.6) is 5.75 Å². The van der Waals surface area contributed by atoms with Crippen LogP contribution < -0.4 is 5.32 Å². The Labute approximate surface area is 112 Å². The molecule has 5 heteroatoms. The summed E-state index contributed by atoms with van der Waals surface area (Å²) >= 11 is 0. The largest absolute Gasteiger partial charge is 0.508 e. The minimum atomic E-state index is -0.584. The molecule has 0 spiro atoms. The van der Waals surface area contributed by atoms with Crippen LogP contribution in [0, 0.1) is 0 Å². The van der Waals surface area contributed by atoms with Crippen molar-refractivity contribution < 1.29 is 19.7 Å². The van der Waals surface area contributed by atoms with Crippen molar-refractivity contribution in [2.75, 3.05) is 19.8 Å². The zero-order chi connectivity index (χ0) is 13.7. The zero-order valence-electron chi connectivity index (χ0n) is 10.8. The number of para-hydroxylation sites is 1. The molecule has 1 aliphatic heterocycles. The van der Waals surface area contributed by atoms with Crippen molar-refractivity contribution in [3.8, 4) is 5.75 Å². The third-order valence-corrected chi connectivity index (χ3v) is 3.50. The Morgan fingerprint density at radius 3 is 2.63 bits per heavy atom. The Balaban J connectivity index is 1.98. The van der Waals surface area contributed by atoms with Crippen molar-refractivity contribution in [3.05, 3.63) is 29.8 Å². The summed E-state index contributed by atoms with van der Waals surface area (Å²) in [5.74, 6) is -0.0832. The van der Waals surface area contributed by atoms with Crippen LogP contribution >= 0.6 is 0 Å². The lowest BCUT2D eigenvalue weighted by Gasteiger charge is -2.36. The average molecular weight is 265 g/mol. The maximum atomic E-state index is 12.0. The fraction of sp³-hybridized carbons (Fsp3) is 0.500. The van der Waals surface area contributed by atoms with Gasteiger partial charge in [-0.15, -0.1) is 0 Å². The summed E-state index contributed by atoms with van der Waals surface area (Å²) < 4.78 is 5.24. The number of aliphatic hydroxyl groups excluding tert-OH is 1. The van der Waals surface area contributed by atoms with Crippen LogP contribution in [0.1, 0.15) is 18.4 Å². The highest BCUT2D eigenvalue weighted by Crippen LogP contribution is 2.21. The summed E-state index contributed by atoms with van der Waals surface area (Å²) in [6.07, 6.45) is 1.32. The lowest BCUT2D eigenvalue weighted by Crippen LogP contribution is -2.55. The molecule has 1 aliphatic rings. The van der Waals surface area contributed by atoms with Crippen LogP contribution in [-0.4, -0.2) is 41.5 Å². The average Bonchev–Trinajstić information content (AvgIpc) is 2.42. The van der Waals surface area contributed by atoms with Gasteiger partial charge in [0.2, 0.25) is 5.91 Å². The van der Waals surface area contributed by atoms with Crippen LogP contribution in [0.2, 0.25) is 0 Å². The van der Waals surface area contributed by atoms with Gasteiger partial charge in [-0.05, 0) is 18.9 Å². The summed E-state index contributed by atoms with van der Waals surface area (Å²) in [5.41, 5.74) is -0.000127. The van der Waals surface area contributed by atoms with Gasteiger partial charge in [-0.2, -0.15) is 0 Å². The third-order valence-electron chi connectivity index (χ3n) is 3.50. The molecule has 3 N–H and O–H groups in total. The molecule has 0 unspecified atom stereocenters. The highest BCUT2D eigenvalue weighted by Gasteiger charge is 2.33. The standard InChI is InChI=1S/C14H19NO4/c16-10-14(5-7-19-8-6-14)15-13(18)9-11-3-1-2-4-12(11)17/h1-4,16-17H,5-10H2,(H,15,18). The number of benzene rings is 1. The maximum Gasteiger partial charge on any atom is 0.225 e. The van der Waals surface area contributed by atoms with Crippen LogP contribution in [0.4, 0.5) is 0 Å². The van der Waals surface area contributed by atoms with E-state index in [0.29, 0.717) is 31.6 Å². The van der Waals surface area contributed by atoms with Gasteiger partial charge >= 0.3 is 0 Å². The van der Waals surface area contributed by atoms with Crippen molar-refractivity contribution in [1.29, 1.82) is 0 Å². The van der Waals surface area contributed by atoms with Crippen molar-refractivity contribution in [2.45, 2.75) is 24.8 Å². The maximum absolute atomic E-state index is 12.0. The molecule has 5 nitrogen and oxygen atoms in total. The van der Waals surface area contributed by atoms with Gasteiger partial charge in [-0.25, -0.2) is 0 Å². The van der Waals surface area contributed by atoms with E-state index in [1.54, 1.807) is 24.3 Å². The summed E-state index contributed by atoms with van der Waals surface area (Å²) in [6, 6.07) is 6.76. The van der Waals surface area contributed by atoms with Crippen LogP contribution in [0.3, 0.4) is 0 Å². The molecule has 2 rings (SSSR count). The first kappa shape index (κ1) is 13.8. The van der Waals surface area contributed by atoms with Crippen molar-refractivity contribution in [1.82, 2.24) is 5.32 Å². The summed E-state index contributed by atoms with van der Waals surface area (Å²) in [5, 5.41) is 22.0. The smallest absolute Gasteiger partial charge is 0.225 e. The molecule has 1 saturated heterocycles. The minimum absolute atomic E-state index is 0.0944. The van der Waals surface area contributed by atoms with Crippen molar-refractivity contribution in [2.24, 2.45) is 0 Å². The molecule has 0 aromatic heterocycles. The topological polar surface area (TPSA) is 78.8 Å². The normalized spacial score (nSPS) is 17.9. The fourth-order valence-corrected chi connectivity index (χ4v) is 2.26. The first-order chi connectivity index (χ1) is 9.15. The Bertz CT molecular complexity index is 441. The number of carbonyl (C=O) groups is 1.